The summed E-state index contributed by atoms with van der Waals surface area (Å²) >= 11 is 0. The molecule has 1 aromatic heterocycles. The zero-order valence-electron chi connectivity index (χ0n) is 10.9. The molecule has 17 heavy (non-hydrogen) atoms. The lowest BCUT2D eigenvalue weighted by atomic mass is 10.2. The van der Waals surface area contributed by atoms with Crippen LogP contribution >= 0.6 is 0 Å². The van der Waals surface area contributed by atoms with Crippen molar-refractivity contribution in [1.29, 1.82) is 0 Å². The van der Waals surface area contributed by atoms with Crippen LogP contribution in [0.5, 0.6) is 0 Å². The third-order valence-electron chi connectivity index (χ3n) is 2.61. The van der Waals surface area contributed by atoms with Crippen LogP contribution in [-0.4, -0.2) is 28.5 Å². The van der Waals surface area contributed by atoms with Gasteiger partial charge < -0.3 is 15.2 Å². The Labute approximate surface area is 103 Å². The fourth-order valence-electron chi connectivity index (χ4n) is 1.79. The van der Waals surface area contributed by atoms with Crippen LogP contribution < -0.4 is 5.73 Å². The van der Waals surface area contributed by atoms with Crippen molar-refractivity contribution in [1.82, 2.24) is 9.47 Å². The monoisotopic (exact) mass is 235 g/mol. The molecular weight excluding hydrogens is 214 g/mol. The smallest absolute Gasteiger partial charge is 0.270 e. The number of rotatable bonds is 5. The molecule has 0 aliphatic heterocycles. The molecule has 0 fully saturated rings. The highest BCUT2D eigenvalue weighted by molar-refractivity contribution is 5.94. The standard InChI is InChI=1S/C13H21N3O/c1-5-15-9-11(14)7-12(15)13(17)16(6-2)8-10(3)4/h7,9H,3,5-6,8,14H2,1-2,4H3. The molecule has 0 spiro atoms. The Hall–Kier alpha value is -1.71. The number of aromatic nitrogens is 1. The molecule has 0 aliphatic rings. The number of carbonyl (C=O) groups is 1. The predicted molar refractivity (Wildman–Crippen MR) is 70.9 cm³/mol. The van der Waals surface area contributed by atoms with Crippen molar-refractivity contribution in [2.24, 2.45) is 0 Å². The highest BCUT2D eigenvalue weighted by Crippen LogP contribution is 2.13. The van der Waals surface area contributed by atoms with E-state index in [1.54, 1.807) is 17.2 Å². The molecule has 0 aromatic carbocycles. The second kappa shape index (κ2) is 5.57. The maximum Gasteiger partial charge on any atom is 0.270 e. The molecule has 1 aromatic rings. The summed E-state index contributed by atoms with van der Waals surface area (Å²) in [6, 6.07) is 1.73. The molecule has 94 valence electrons. The average molecular weight is 235 g/mol. The topological polar surface area (TPSA) is 51.3 Å². The first kappa shape index (κ1) is 13.4. The summed E-state index contributed by atoms with van der Waals surface area (Å²) < 4.78 is 1.87. The third kappa shape index (κ3) is 3.12. The van der Waals surface area contributed by atoms with Crippen LogP contribution in [-0.2, 0) is 6.54 Å². The quantitative estimate of drug-likeness (QED) is 0.795. The van der Waals surface area contributed by atoms with Gasteiger partial charge in [-0.3, -0.25) is 4.79 Å². The van der Waals surface area contributed by atoms with E-state index in [0.29, 0.717) is 24.5 Å². The van der Waals surface area contributed by atoms with Crippen LogP contribution in [0.3, 0.4) is 0 Å². The normalized spacial score (nSPS) is 10.3. The predicted octanol–water partition coefficient (Wildman–Crippen LogP) is 2.13. The molecule has 1 rings (SSSR count). The molecule has 2 N–H and O–H groups in total. The minimum atomic E-state index is 0.00838. The lowest BCUT2D eigenvalue weighted by molar-refractivity contribution is 0.0767. The van der Waals surface area contributed by atoms with E-state index in [0.717, 1.165) is 12.1 Å². The molecule has 1 amide bonds. The van der Waals surface area contributed by atoms with E-state index >= 15 is 0 Å². The molecular formula is C13H21N3O. The van der Waals surface area contributed by atoms with E-state index < -0.39 is 0 Å². The number of carbonyl (C=O) groups excluding carboxylic acids is 1. The van der Waals surface area contributed by atoms with Gasteiger partial charge in [0.15, 0.2) is 0 Å². The fraction of sp³-hybridized carbons (Fsp3) is 0.462. The average Bonchev–Trinajstić information content (AvgIpc) is 2.66. The number of nitrogens with two attached hydrogens (primary N) is 1. The third-order valence-corrected chi connectivity index (χ3v) is 2.61. The van der Waals surface area contributed by atoms with Gasteiger partial charge in [0.2, 0.25) is 0 Å². The molecule has 4 nitrogen and oxygen atoms in total. The van der Waals surface area contributed by atoms with E-state index in [1.807, 2.05) is 25.3 Å². The molecule has 0 saturated heterocycles. The Morgan fingerprint density at radius 1 is 1.53 bits per heavy atom. The molecule has 0 radical (unpaired) electrons. The number of hydrogen-bond donors (Lipinski definition) is 1. The van der Waals surface area contributed by atoms with Crippen molar-refractivity contribution in [3.63, 3.8) is 0 Å². The van der Waals surface area contributed by atoms with Gasteiger partial charge in [-0.2, -0.15) is 0 Å². The first-order chi connectivity index (χ1) is 7.99. The Balaban J connectivity index is 2.96. The molecule has 0 atom stereocenters. The molecule has 0 unspecified atom stereocenters. The van der Waals surface area contributed by atoms with Gasteiger partial charge in [0.1, 0.15) is 5.69 Å². The van der Waals surface area contributed by atoms with Crippen molar-refractivity contribution in [3.05, 3.63) is 30.1 Å². The zero-order valence-corrected chi connectivity index (χ0v) is 10.9. The number of nitrogens with zero attached hydrogens (tertiary/aromatic N) is 2. The Kier molecular flexibility index (Phi) is 4.37. The highest BCUT2D eigenvalue weighted by atomic mass is 16.2. The van der Waals surface area contributed by atoms with Crippen LogP contribution in [0.15, 0.2) is 24.4 Å². The van der Waals surface area contributed by atoms with Crippen LogP contribution in [0.25, 0.3) is 0 Å². The first-order valence-electron chi connectivity index (χ1n) is 5.88. The van der Waals surface area contributed by atoms with Crippen molar-refractivity contribution in [2.75, 3.05) is 18.8 Å². The second-order valence-electron chi connectivity index (χ2n) is 4.22. The Morgan fingerprint density at radius 2 is 2.18 bits per heavy atom. The minimum Gasteiger partial charge on any atom is -0.397 e. The van der Waals surface area contributed by atoms with Gasteiger partial charge in [0, 0.05) is 25.8 Å². The number of hydrogen-bond acceptors (Lipinski definition) is 2. The van der Waals surface area contributed by atoms with Crippen LogP contribution in [0, 0.1) is 0 Å². The summed E-state index contributed by atoms with van der Waals surface area (Å²) in [7, 11) is 0. The maximum absolute atomic E-state index is 12.3. The Bertz CT molecular complexity index is 420. The molecule has 1 heterocycles. The summed E-state index contributed by atoms with van der Waals surface area (Å²) in [5.41, 5.74) is 7.97. The van der Waals surface area contributed by atoms with Gasteiger partial charge in [0.25, 0.3) is 5.91 Å². The minimum absolute atomic E-state index is 0.00838. The number of anilines is 1. The first-order valence-corrected chi connectivity index (χ1v) is 5.88. The Morgan fingerprint density at radius 3 is 2.65 bits per heavy atom. The molecule has 0 bridgehead atoms. The zero-order chi connectivity index (χ0) is 13.0. The highest BCUT2D eigenvalue weighted by Gasteiger charge is 2.18. The summed E-state index contributed by atoms with van der Waals surface area (Å²) in [5.74, 6) is 0.00838. The van der Waals surface area contributed by atoms with E-state index in [-0.39, 0.29) is 5.91 Å². The van der Waals surface area contributed by atoms with Gasteiger partial charge in [-0.05, 0) is 26.8 Å². The maximum atomic E-state index is 12.3. The molecule has 0 saturated carbocycles. The number of amides is 1. The number of aryl methyl sites for hydroxylation is 1. The van der Waals surface area contributed by atoms with Gasteiger partial charge in [-0.15, -0.1) is 0 Å². The summed E-state index contributed by atoms with van der Waals surface area (Å²) in [4.78, 5) is 14.1. The van der Waals surface area contributed by atoms with Crippen molar-refractivity contribution < 1.29 is 4.79 Å². The lowest BCUT2D eigenvalue weighted by Gasteiger charge is -2.21. The van der Waals surface area contributed by atoms with Gasteiger partial charge in [0.05, 0.1) is 5.69 Å². The molecule has 4 heteroatoms. The van der Waals surface area contributed by atoms with E-state index in [9.17, 15) is 4.79 Å². The summed E-state index contributed by atoms with van der Waals surface area (Å²) in [5, 5.41) is 0. The van der Waals surface area contributed by atoms with E-state index in [1.165, 1.54) is 0 Å². The fourth-order valence-corrected chi connectivity index (χ4v) is 1.79. The summed E-state index contributed by atoms with van der Waals surface area (Å²) in [6.45, 7) is 11.7. The SMILES string of the molecule is C=C(C)CN(CC)C(=O)c1cc(N)cn1CC. The van der Waals surface area contributed by atoms with Crippen molar-refractivity contribution in [2.45, 2.75) is 27.3 Å². The van der Waals surface area contributed by atoms with Crippen LogP contribution in [0.2, 0.25) is 0 Å². The van der Waals surface area contributed by atoms with Crippen LogP contribution in [0.4, 0.5) is 5.69 Å². The summed E-state index contributed by atoms with van der Waals surface area (Å²) in [6.07, 6.45) is 1.79. The van der Waals surface area contributed by atoms with Crippen LogP contribution in [0.1, 0.15) is 31.3 Å². The second-order valence-corrected chi connectivity index (χ2v) is 4.22. The van der Waals surface area contributed by atoms with Crippen molar-refractivity contribution in [3.8, 4) is 0 Å². The van der Waals surface area contributed by atoms with Gasteiger partial charge in [-0.1, -0.05) is 12.2 Å². The number of likely N-dealkylation sites (N-methyl/N-ethyl adjacent to an activating group) is 1. The van der Waals surface area contributed by atoms with E-state index in [2.05, 4.69) is 6.58 Å². The van der Waals surface area contributed by atoms with Crippen molar-refractivity contribution >= 4 is 11.6 Å². The largest absolute Gasteiger partial charge is 0.397 e. The molecule has 0 aliphatic carbocycles. The van der Waals surface area contributed by atoms with E-state index in [4.69, 9.17) is 5.73 Å². The van der Waals surface area contributed by atoms with Gasteiger partial charge >= 0.3 is 0 Å². The van der Waals surface area contributed by atoms with Gasteiger partial charge in [-0.25, -0.2) is 0 Å². The number of nitrogen functional groups attached to an aromatic ring is 1. The lowest BCUT2D eigenvalue weighted by Crippen LogP contribution is -2.33.